The molecule has 0 aliphatic heterocycles. The second kappa shape index (κ2) is 8.84. The Labute approximate surface area is 146 Å². The van der Waals surface area contributed by atoms with E-state index in [-0.39, 0.29) is 18.6 Å². The second-order valence-electron chi connectivity index (χ2n) is 5.45. The number of alkyl carbamates (subject to hydrolysis) is 1. The van der Waals surface area contributed by atoms with Crippen LogP contribution in [-0.4, -0.2) is 36.9 Å². The van der Waals surface area contributed by atoms with Gasteiger partial charge >= 0.3 is 12.1 Å². The van der Waals surface area contributed by atoms with Crippen molar-refractivity contribution in [1.82, 2.24) is 5.32 Å². The number of aliphatic carboxylic acids is 1. The first-order valence-corrected chi connectivity index (χ1v) is 8.09. The molecule has 0 spiro atoms. The molecule has 6 nitrogen and oxygen atoms in total. The fourth-order valence-corrected chi connectivity index (χ4v) is 2.79. The number of carbonyl (C=O) groups is 2. The summed E-state index contributed by atoms with van der Waals surface area (Å²) in [6.45, 7) is 2.55. The number of benzene rings is 2. The van der Waals surface area contributed by atoms with Crippen molar-refractivity contribution >= 4 is 12.1 Å². The zero-order chi connectivity index (χ0) is 18.2. The number of nitrogens with one attached hydrogen (secondary N) is 1. The number of fused-ring (bicyclic) bond motifs is 3. The Morgan fingerprint density at radius 2 is 1.56 bits per heavy atom. The van der Waals surface area contributed by atoms with Gasteiger partial charge in [-0.2, -0.15) is 0 Å². The molecule has 25 heavy (non-hydrogen) atoms. The average Bonchev–Trinajstić information content (AvgIpc) is 2.95. The molecular weight excluding hydrogens is 320 g/mol. The molecule has 0 saturated heterocycles. The smallest absolute Gasteiger partial charge is 0.407 e. The van der Waals surface area contributed by atoms with E-state index >= 15 is 0 Å². The van der Waals surface area contributed by atoms with E-state index in [1.54, 1.807) is 0 Å². The minimum Gasteiger partial charge on any atom is -0.480 e. The molecule has 0 atom stereocenters. The molecule has 3 rings (SSSR count). The molecule has 0 fully saturated rings. The number of ether oxygens (including phenoxy) is 1. The summed E-state index contributed by atoms with van der Waals surface area (Å²) in [6, 6.07) is 16.6. The molecule has 1 aliphatic carbocycles. The van der Waals surface area contributed by atoms with E-state index in [9.17, 15) is 9.59 Å². The fourth-order valence-electron chi connectivity index (χ4n) is 2.79. The van der Waals surface area contributed by atoms with E-state index in [1.165, 1.54) is 22.3 Å². The van der Waals surface area contributed by atoms with Gasteiger partial charge in [-0.15, -0.1) is 0 Å². The van der Waals surface area contributed by atoms with Crippen molar-refractivity contribution in [3.63, 3.8) is 0 Å². The lowest BCUT2D eigenvalue weighted by atomic mass is 9.98. The van der Waals surface area contributed by atoms with Gasteiger partial charge in [0.2, 0.25) is 0 Å². The first kappa shape index (κ1) is 18.5. The van der Waals surface area contributed by atoms with Crippen molar-refractivity contribution in [3.8, 4) is 11.1 Å². The van der Waals surface area contributed by atoms with Gasteiger partial charge in [0.05, 0.1) is 6.54 Å². The molecule has 0 radical (unpaired) electrons. The van der Waals surface area contributed by atoms with Crippen molar-refractivity contribution in [2.24, 2.45) is 5.73 Å². The van der Waals surface area contributed by atoms with Crippen molar-refractivity contribution in [1.29, 1.82) is 0 Å². The molecule has 1 amide bonds. The molecule has 0 heterocycles. The lowest BCUT2D eigenvalue weighted by Crippen LogP contribution is -2.25. The van der Waals surface area contributed by atoms with Crippen LogP contribution in [0.25, 0.3) is 11.1 Å². The Morgan fingerprint density at radius 1 is 1.08 bits per heavy atom. The van der Waals surface area contributed by atoms with Crippen molar-refractivity contribution in [3.05, 3.63) is 59.7 Å². The molecule has 0 saturated carbocycles. The highest BCUT2D eigenvalue weighted by molar-refractivity contribution is 5.79. The predicted octanol–water partition coefficient (Wildman–Crippen LogP) is 2.57. The Hall–Kier alpha value is -2.86. The van der Waals surface area contributed by atoms with Crippen LogP contribution < -0.4 is 11.1 Å². The molecule has 0 unspecified atom stereocenters. The van der Waals surface area contributed by atoms with Gasteiger partial charge in [-0.25, -0.2) is 4.79 Å². The van der Waals surface area contributed by atoms with Crippen LogP contribution in [-0.2, 0) is 9.53 Å². The van der Waals surface area contributed by atoms with E-state index < -0.39 is 5.97 Å². The third-order valence-corrected chi connectivity index (χ3v) is 3.84. The van der Waals surface area contributed by atoms with Gasteiger partial charge in [0, 0.05) is 12.5 Å². The standard InChI is InChI=1S/C17H17NO2.C2H5NO2/c1-2-18-17(19)20-11-16-14-9-5-3-7-12(14)13-8-4-6-10-15(13)16;3-1-2(4)5/h3-10,16H,2,11H2,1H3,(H,18,19);1,3H2,(H,4,5). The third-order valence-electron chi connectivity index (χ3n) is 3.84. The summed E-state index contributed by atoms with van der Waals surface area (Å²) < 4.78 is 5.33. The average molecular weight is 342 g/mol. The van der Waals surface area contributed by atoms with Crippen LogP contribution in [0.2, 0.25) is 0 Å². The van der Waals surface area contributed by atoms with Gasteiger partial charge in [0.25, 0.3) is 0 Å². The lowest BCUT2D eigenvalue weighted by Gasteiger charge is -2.14. The zero-order valence-electron chi connectivity index (χ0n) is 14.1. The number of nitrogens with two attached hydrogens (primary N) is 1. The van der Waals surface area contributed by atoms with Crippen molar-refractivity contribution in [2.75, 3.05) is 19.7 Å². The SMILES string of the molecule is CCNC(=O)OCC1c2ccccc2-c2ccccc21.NCC(=O)O. The number of rotatable bonds is 4. The van der Waals surface area contributed by atoms with Crippen LogP contribution >= 0.6 is 0 Å². The van der Waals surface area contributed by atoms with Crippen LogP contribution in [0, 0.1) is 0 Å². The Balaban J connectivity index is 0.000000399. The van der Waals surface area contributed by atoms with Crippen molar-refractivity contribution < 1.29 is 19.4 Å². The summed E-state index contributed by atoms with van der Waals surface area (Å²) in [5.74, 6) is -0.838. The van der Waals surface area contributed by atoms with E-state index in [0.717, 1.165) is 0 Å². The number of carboxylic acid groups (broad SMARTS) is 1. The minimum atomic E-state index is -0.968. The summed E-state index contributed by atoms with van der Waals surface area (Å²) in [5.41, 5.74) is 9.53. The van der Waals surface area contributed by atoms with E-state index in [0.29, 0.717) is 13.2 Å². The van der Waals surface area contributed by atoms with E-state index in [1.807, 2.05) is 31.2 Å². The quantitative estimate of drug-likeness (QED) is 0.793. The number of hydrogen-bond donors (Lipinski definition) is 3. The maximum atomic E-state index is 11.5. The number of carbonyl (C=O) groups excluding carboxylic acids is 1. The molecular formula is C19H22N2O4. The topological polar surface area (TPSA) is 102 Å². The molecule has 132 valence electrons. The Bertz CT molecular complexity index is 700. The van der Waals surface area contributed by atoms with Crippen LogP contribution in [0.4, 0.5) is 4.79 Å². The molecule has 4 N–H and O–H groups in total. The maximum Gasteiger partial charge on any atom is 0.407 e. The van der Waals surface area contributed by atoms with Gasteiger partial charge < -0.3 is 20.9 Å². The monoisotopic (exact) mass is 342 g/mol. The largest absolute Gasteiger partial charge is 0.480 e. The summed E-state index contributed by atoms with van der Waals surface area (Å²) >= 11 is 0. The highest BCUT2D eigenvalue weighted by Gasteiger charge is 2.28. The van der Waals surface area contributed by atoms with Gasteiger partial charge in [0.15, 0.2) is 0 Å². The molecule has 0 bridgehead atoms. The first-order valence-electron chi connectivity index (χ1n) is 8.09. The number of hydrogen-bond acceptors (Lipinski definition) is 4. The van der Waals surface area contributed by atoms with Crippen LogP contribution in [0.1, 0.15) is 24.0 Å². The van der Waals surface area contributed by atoms with Gasteiger partial charge in [-0.1, -0.05) is 48.5 Å². The first-order chi connectivity index (χ1) is 12.1. The second-order valence-corrected chi connectivity index (χ2v) is 5.45. The van der Waals surface area contributed by atoms with E-state index in [4.69, 9.17) is 9.84 Å². The van der Waals surface area contributed by atoms with Crippen molar-refractivity contribution in [2.45, 2.75) is 12.8 Å². The van der Waals surface area contributed by atoms with Gasteiger partial charge in [0.1, 0.15) is 6.61 Å². The summed E-state index contributed by atoms with van der Waals surface area (Å²) in [5, 5.41) is 10.3. The maximum absolute atomic E-state index is 11.5. The Morgan fingerprint density at radius 3 is 2.00 bits per heavy atom. The summed E-state index contributed by atoms with van der Waals surface area (Å²) in [6.07, 6.45) is -0.352. The number of carboxylic acids is 1. The fraction of sp³-hybridized carbons (Fsp3) is 0.263. The molecule has 2 aromatic carbocycles. The summed E-state index contributed by atoms with van der Waals surface area (Å²) in [4.78, 5) is 20.7. The lowest BCUT2D eigenvalue weighted by molar-refractivity contribution is -0.135. The number of amides is 1. The predicted molar refractivity (Wildman–Crippen MR) is 95.4 cm³/mol. The van der Waals surface area contributed by atoms with E-state index in [2.05, 4.69) is 35.3 Å². The van der Waals surface area contributed by atoms with Crippen LogP contribution in [0.5, 0.6) is 0 Å². The minimum absolute atomic E-state index is 0.130. The molecule has 2 aromatic rings. The van der Waals surface area contributed by atoms with Gasteiger partial charge in [-0.05, 0) is 29.2 Å². The Kier molecular flexibility index (Phi) is 6.54. The zero-order valence-corrected chi connectivity index (χ0v) is 14.1. The molecule has 6 heteroatoms. The normalized spacial score (nSPS) is 11.6. The highest BCUT2D eigenvalue weighted by atomic mass is 16.5. The summed E-state index contributed by atoms with van der Waals surface area (Å²) in [7, 11) is 0. The highest BCUT2D eigenvalue weighted by Crippen LogP contribution is 2.44. The van der Waals surface area contributed by atoms with Crippen LogP contribution in [0.3, 0.4) is 0 Å². The van der Waals surface area contributed by atoms with Gasteiger partial charge in [-0.3, -0.25) is 4.79 Å². The molecule has 1 aliphatic rings. The van der Waals surface area contributed by atoms with Crippen LogP contribution in [0.15, 0.2) is 48.5 Å². The molecule has 0 aromatic heterocycles. The third kappa shape index (κ3) is 4.58.